The topological polar surface area (TPSA) is 34.9 Å². The fraction of sp³-hybridized carbons (Fsp3) is 0.583. The van der Waals surface area contributed by atoms with E-state index < -0.39 is 0 Å². The molecule has 28 heavy (non-hydrogen) atoms. The van der Waals surface area contributed by atoms with Gasteiger partial charge in [0, 0.05) is 17.0 Å². The van der Waals surface area contributed by atoms with Gasteiger partial charge in [-0.1, -0.05) is 75.1 Å². The first-order valence-electron chi connectivity index (χ1n) is 11.1. The molecule has 3 aliphatic rings. The van der Waals surface area contributed by atoms with Crippen molar-refractivity contribution < 1.29 is 0 Å². The van der Waals surface area contributed by atoms with Gasteiger partial charge in [-0.3, -0.25) is 9.36 Å². The van der Waals surface area contributed by atoms with Crippen LogP contribution >= 0.6 is 11.8 Å². The lowest BCUT2D eigenvalue weighted by atomic mass is 9.62. The molecule has 3 aliphatic carbocycles. The SMILES string of the molecule is CCSc1nc2c(c(=O)n1C1CCCC1)C1(CCCCC1)Cc1ccccc1-2. The summed E-state index contributed by atoms with van der Waals surface area (Å²) in [4.78, 5) is 19.3. The van der Waals surface area contributed by atoms with Gasteiger partial charge in [-0.15, -0.1) is 0 Å². The summed E-state index contributed by atoms with van der Waals surface area (Å²) < 4.78 is 2.12. The van der Waals surface area contributed by atoms with Gasteiger partial charge in [0.1, 0.15) is 0 Å². The predicted octanol–water partition coefficient (Wildman–Crippen LogP) is 5.90. The molecule has 0 atom stereocenters. The van der Waals surface area contributed by atoms with Gasteiger partial charge in [0.05, 0.1) is 11.3 Å². The second-order valence-electron chi connectivity index (χ2n) is 8.84. The maximum absolute atomic E-state index is 14.1. The van der Waals surface area contributed by atoms with E-state index in [0.29, 0.717) is 6.04 Å². The molecule has 0 amide bonds. The summed E-state index contributed by atoms with van der Waals surface area (Å²) in [6.45, 7) is 2.16. The molecule has 3 nitrogen and oxygen atoms in total. The molecule has 1 heterocycles. The number of hydrogen-bond donors (Lipinski definition) is 0. The summed E-state index contributed by atoms with van der Waals surface area (Å²) in [7, 11) is 0. The normalized spacial score (nSPS) is 20.9. The lowest BCUT2D eigenvalue weighted by Crippen LogP contribution is -2.43. The number of nitrogens with zero attached hydrogens (tertiary/aromatic N) is 2. The van der Waals surface area contributed by atoms with Crippen LogP contribution in [0.4, 0.5) is 0 Å². The van der Waals surface area contributed by atoms with Crippen molar-refractivity contribution in [3.05, 3.63) is 45.7 Å². The molecule has 1 aromatic heterocycles. The summed E-state index contributed by atoms with van der Waals surface area (Å²) in [5.74, 6) is 0.949. The molecule has 0 unspecified atom stereocenters. The molecule has 1 spiro atoms. The van der Waals surface area contributed by atoms with E-state index in [1.807, 2.05) is 0 Å². The molecule has 1 aromatic carbocycles. The Kier molecular flexibility index (Phi) is 4.86. The Bertz CT molecular complexity index is 936. The number of aromatic nitrogens is 2. The van der Waals surface area contributed by atoms with E-state index >= 15 is 0 Å². The Labute approximate surface area is 172 Å². The highest BCUT2D eigenvalue weighted by atomic mass is 32.2. The van der Waals surface area contributed by atoms with E-state index in [1.54, 1.807) is 11.8 Å². The first-order valence-corrected chi connectivity index (χ1v) is 12.1. The van der Waals surface area contributed by atoms with Crippen molar-refractivity contribution in [2.45, 2.75) is 87.7 Å². The van der Waals surface area contributed by atoms with Crippen LogP contribution in [-0.2, 0) is 11.8 Å². The standard InChI is InChI=1S/C24H30N2OS/c1-2-28-23-25-21-19-13-7-4-10-17(19)16-24(14-8-3-9-15-24)20(21)22(27)26(23)18-11-5-6-12-18/h4,7,10,13,18H,2-3,5-6,8-9,11-12,14-16H2,1H3. The van der Waals surface area contributed by atoms with E-state index in [-0.39, 0.29) is 11.0 Å². The van der Waals surface area contributed by atoms with Crippen LogP contribution in [0.1, 0.15) is 81.9 Å². The molecule has 148 valence electrons. The Morgan fingerprint density at radius 3 is 2.61 bits per heavy atom. The monoisotopic (exact) mass is 394 g/mol. The van der Waals surface area contributed by atoms with E-state index in [4.69, 9.17) is 4.98 Å². The Hall–Kier alpha value is -1.55. The van der Waals surface area contributed by atoms with E-state index in [1.165, 1.54) is 43.2 Å². The van der Waals surface area contributed by atoms with Crippen LogP contribution < -0.4 is 5.56 Å². The third-order valence-corrected chi connectivity index (χ3v) is 8.02. The molecule has 5 rings (SSSR count). The number of thioether (sulfide) groups is 1. The largest absolute Gasteiger partial charge is 0.284 e. The van der Waals surface area contributed by atoms with Crippen LogP contribution in [0.15, 0.2) is 34.2 Å². The maximum Gasteiger partial charge on any atom is 0.258 e. The highest BCUT2D eigenvalue weighted by Crippen LogP contribution is 2.49. The average Bonchev–Trinajstić information content (AvgIpc) is 3.23. The molecule has 0 saturated heterocycles. The number of rotatable bonds is 3. The number of hydrogen-bond acceptors (Lipinski definition) is 3. The Morgan fingerprint density at radius 1 is 1.11 bits per heavy atom. The molecule has 2 saturated carbocycles. The summed E-state index contributed by atoms with van der Waals surface area (Å²) in [5, 5.41) is 0.945. The van der Waals surface area contributed by atoms with Crippen molar-refractivity contribution in [3.8, 4) is 11.3 Å². The smallest absolute Gasteiger partial charge is 0.258 e. The summed E-state index contributed by atoms with van der Waals surface area (Å²) in [5.41, 5.74) is 4.92. The first-order chi connectivity index (χ1) is 13.7. The fourth-order valence-electron chi connectivity index (χ4n) is 5.92. The van der Waals surface area contributed by atoms with E-state index in [0.717, 1.165) is 54.3 Å². The van der Waals surface area contributed by atoms with Gasteiger partial charge in [-0.05, 0) is 43.4 Å². The quantitative estimate of drug-likeness (QED) is 0.480. The number of benzene rings is 1. The highest BCUT2D eigenvalue weighted by Gasteiger charge is 2.44. The van der Waals surface area contributed by atoms with Crippen molar-refractivity contribution >= 4 is 11.8 Å². The highest BCUT2D eigenvalue weighted by molar-refractivity contribution is 7.99. The van der Waals surface area contributed by atoms with Gasteiger partial charge in [-0.25, -0.2) is 4.98 Å². The van der Waals surface area contributed by atoms with Crippen LogP contribution in [0.2, 0.25) is 0 Å². The first kappa shape index (κ1) is 18.5. The van der Waals surface area contributed by atoms with Crippen LogP contribution in [-0.4, -0.2) is 15.3 Å². The zero-order chi connectivity index (χ0) is 19.1. The molecule has 0 radical (unpaired) electrons. The van der Waals surface area contributed by atoms with Gasteiger partial charge < -0.3 is 0 Å². The molecule has 2 aromatic rings. The van der Waals surface area contributed by atoms with Crippen LogP contribution in [0.25, 0.3) is 11.3 Å². The molecule has 0 aliphatic heterocycles. The average molecular weight is 395 g/mol. The van der Waals surface area contributed by atoms with Gasteiger partial charge in [0.15, 0.2) is 5.16 Å². The fourth-order valence-corrected chi connectivity index (χ4v) is 6.70. The van der Waals surface area contributed by atoms with Gasteiger partial charge in [0.25, 0.3) is 5.56 Å². The van der Waals surface area contributed by atoms with Crippen LogP contribution in [0.5, 0.6) is 0 Å². The summed E-state index contributed by atoms with van der Waals surface area (Å²) in [6, 6.07) is 9.01. The minimum atomic E-state index is 0.00177. The lowest BCUT2D eigenvalue weighted by Gasteiger charge is -2.42. The van der Waals surface area contributed by atoms with Crippen molar-refractivity contribution in [2.24, 2.45) is 0 Å². The van der Waals surface area contributed by atoms with Gasteiger partial charge in [-0.2, -0.15) is 0 Å². The minimum Gasteiger partial charge on any atom is -0.284 e. The van der Waals surface area contributed by atoms with Crippen LogP contribution in [0, 0.1) is 0 Å². The Balaban J connectivity index is 1.79. The molecule has 4 heteroatoms. The van der Waals surface area contributed by atoms with Crippen molar-refractivity contribution in [3.63, 3.8) is 0 Å². The van der Waals surface area contributed by atoms with E-state index in [9.17, 15) is 4.79 Å². The predicted molar refractivity (Wildman–Crippen MR) is 116 cm³/mol. The molecule has 0 N–H and O–H groups in total. The Morgan fingerprint density at radius 2 is 1.86 bits per heavy atom. The van der Waals surface area contributed by atoms with Crippen molar-refractivity contribution in [1.82, 2.24) is 9.55 Å². The van der Waals surface area contributed by atoms with Gasteiger partial charge in [0.2, 0.25) is 0 Å². The second kappa shape index (κ2) is 7.37. The summed E-state index contributed by atoms with van der Waals surface area (Å²) in [6.07, 6.45) is 11.8. The minimum absolute atomic E-state index is 0.00177. The second-order valence-corrected chi connectivity index (χ2v) is 10.1. The maximum atomic E-state index is 14.1. The lowest BCUT2D eigenvalue weighted by molar-refractivity contribution is 0.280. The zero-order valence-electron chi connectivity index (χ0n) is 16.9. The number of fused-ring (bicyclic) bond motifs is 4. The van der Waals surface area contributed by atoms with E-state index in [2.05, 4.69) is 35.8 Å². The molecular formula is C24H30N2OS. The van der Waals surface area contributed by atoms with Gasteiger partial charge >= 0.3 is 0 Å². The van der Waals surface area contributed by atoms with Crippen LogP contribution in [0.3, 0.4) is 0 Å². The third kappa shape index (κ3) is 2.87. The van der Waals surface area contributed by atoms with Crippen molar-refractivity contribution in [1.29, 1.82) is 0 Å². The summed E-state index contributed by atoms with van der Waals surface area (Å²) >= 11 is 1.74. The zero-order valence-corrected chi connectivity index (χ0v) is 17.7. The van der Waals surface area contributed by atoms with Crippen molar-refractivity contribution in [2.75, 3.05) is 5.75 Å². The molecule has 0 bridgehead atoms. The third-order valence-electron chi connectivity index (χ3n) is 7.19. The molecule has 2 fully saturated rings. The molecular weight excluding hydrogens is 364 g/mol.